The number of hydrogen-bond donors (Lipinski definition) is 3. The van der Waals surface area contributed by atoms with Gasteiger partial charge < -0.3 is 20.4 Å². The number of carbonyl (C=O) groups is 2. The molecule has 0 unspecified atom stereocenters. The minimum absolute atomic E-state index is 0.0618. The number of carbonyl (C=O) groups excluding carboxylic acids is 2. The monoisotopic (exact) mass is 492 g/mol. The normalized spacial score (nSPS) is 28.3. The van der Waals surface area contributed by atoms with Gasteiger partial charge in [0.05, 0.1) is 17.1 Å². The van der Waals surface area contributed by atoms with Crippen LogP contribution >= 0.6 is 11.6 Å². The van der Waals surface area contributed by atoms with Crippen LogP contribution in [0.5, 0.6) is 0 Å². The molecular weight excluding hydrogens is 452 g/mol. The average molecular weight is 493 g/mol. The van der Waals surface area contributed by atoms with Gasteiger partial charge in [-0.05, 0) is 56.7 Å². The zero-order valence-electron chi connectivity index (χ0n) is 21.2. The van der Waals surface area contributed by atoms with Crippen LogP contribution in [0.2, 0.25) is 5.02 Å². The summed E-state index contributed by atoms with van der Waals surface area (Å²) in [5.74, 6) is -0.492. The Morgan fingerprint density at radius 3 is 2.41 bits per heavy atom. The van der Waals surface area contributed by atoms with Crippen LogP contribution < -0.4 is 5.32 Å². The molecule has 3 rings (SSSR count). The number of amides is 2. The molecule has 190 valence electrons. The third-order valence-electron chi connectivity index (χ3n) is 8.21. The van der Waals surface area contributed by atoms with Crippen LogP contribution in [0.4, 0.5) is 0 Å². The van der Waals surface area contributed by atoms with Crippen molar-refractivity contribution in [3.63, 3.8) is 0 Å². The van der Waals surface area contributed by atoms with Crippen molar-refractivity contribution in [1.82, 2.24) is 10.2 Å². The summed E-state index contributed by atoms with van der Waals surface area (Å²) in [6.07, 6.45) is 4.16. The van der Waals surface area contributed by atoms with Crippen LogP contribution in [-0.4, -0.2) is 51.7 Å². The SMILES string of the molecule is C[C@H](CC(=O)N[C@@H]1CCCC[C@@H]1C(=O)N1CC[C@](O)(c2ccc(Cl)cc2)C(C)(C)C1)C(C)(C)O. The minimum Gasteiger partial charge on any atom is -0.390 e. The number of nitrogens with zero attached hydrogens (tertiary/aromatic N) is 1. The molecule has 7 heteroatoms. The van der Waals surface area contributed by atoms with Crippen LogP contribution in [0, 0.1) is 17.3 Å². The first-order chi connectivity index (χ1) is 15.7. The second-order valence-electron chi connectivity index (χ2n) is 11.6. The van der Waals surface area contributed by atoms with Gasteiger partial charge in [-0.15, -0.1) is 0 Å². The summed E-state index contributed by atoms with van der Waals surface area (Å²) < 4.78 is 0. The molecule has 1 saturated heterocycles. The zero-order valence-corrected chi connectivity index (χ0v) is 22.0. The van der Waals surface area contributed by atoms with Gasteiger partial charge in [-0.1, -0.05) is 57.3 Å². The first-order valence-electron chi connectivity index (χ1n) is 12.5. The molecule has 2 aliphatic rings. The molecule has 3 N–H and O–H groups in total. The van der Waals surface area contributed by atoms with Crippen LogP contribution in [-0.2, 0) is 15.2 Å². The smallest absolute Gasteiger partial charge is 0.227 e. The topological polar surface area (TPSA) is 89.9 Å². The summed E-state index contributed by atoms with van der Waals surface area (Å²) in [5.41, 5.74) is -1.72. The molecule has 4 atom stereocenters. The van der Waals surface area contributed by atoms with Crippen molar-refractivity contribution in [2.45, 2.75) is 90.4 Å². The second kappa shape index (κ2) is 10.2. The predicted molar refractivity (Wildman–Crippen MR) is 134 cm³/mol. The van der Waals surface area contributed by atoms with Crippen molar-refractivity contribution in [3.8, 4) is 0 Å². The first kappa shape index (κ1) is 27.0. The summed E-state index contributed by atoms with van der Waals surface area (Å²) in [6, 6.07) is 7.11. The number of hydrogen-bond acceptors (Lipinski definition) is 4. The zero-order chi connectivity index (χ0) is 25.3. The van der Waals surface area contributed by atoms with E-state index in [0.29, 0.717) is 24.5 Å². The maximum absolute atomic E-state index is 13.6. The van der Waals surface area contributed by atoms with E-state index in [1.807, 2.05) is 37.8 Å². The largest absolute Gasteiger partial charge is 0.390 e. The third-order valence-corrected chi connectivity index (χ3v) is 8.46. The van der Waals surface area contributed by atoms with Crippen molar-refractivity contribution >= 4 is 23.4 Å². The van der Waals surface area contributed by atoms with Crippen molar-refractivity contribution < 1.29 is 19.8 Å². The van der Waals surface area contributed by atoms with Gasteiger partial charge in [-0.2, -0.15) is 0 Å². The van der Waals surface area contributed by atoms with Gasteiger partial charge in [0.2, 0.25) is 11.8 Å². The summed E-state index contributed by atoms with van der Waals surface area (Å²) in [4.78, 5) is 28.2. The molecule has 0 radical (unpaired) electrons. The van der Waals surface area contributed by atoms with E-state index in [0.717, 1.165) is 31.2 Å². The summed E-state index contributed by atoms with van der Waals surface area (Å²) >= 11 is 6.04. The van der Waals surface area contributed by atoms with E-state index in [9.17, 15) is 19.8 Å². The van der Waals surface area contributed by atoms with Crippen molar-refractivity contribution in [2.75, 3.05) is 13.1 Å². The van der Waals surface area contributed by atoms with E-state index in [4.69, 9.17) is 11.6 Å². The van der Waals surface area contributed by atoms with Crippen molar-refractivity contribution in [2.24, 2.45) is 17.3 Å². The fourth-order valence-electron chi connectivity index (χ4n) is 5.40. The Balaban J connectivity index is 1.69. The molecule has 34 heavy (non-hydrogen) atoms. The van der Waals surface area contributed by atoms with E-state index < -0.39 is 16.6 Å². The molecule has 1 saturated carbocycles. The fourth-order valence-corrected chi connectivity index (χ4v) is 5.52. The lowest BCUT2D eigenvalue weighted by atomic mass is 9.66. The Bertz CT molecular complexity index is 880. The maximum Gasteiger partial charge on any atom is 0.227 e. The molecule has 1 aliphatic heterocycles. The average Bonchev–Trinajstić information content (AvgIpc) is 2.75. The third kappa shape index (κ3) is 5.77. The number of halogens is 1. The van der Waals surface area contributed by atoms with Gasteiger partial charge in [-0.3, -0.25) is 9.59 Å². The quantitative estimate of drug-likeness (QED) is 0.553. The number of rotatable bonds is 6. The molecule has 1 heterocycles. The minimum atomic E-state index is -1.05. The van der Waals surface area contributed by atoms with Gasteiger partial charge in [0.1, 0.15) is 0 Å². The molecule has 0 spiro atoms. The fraction of sp³-hybridized carbons (Fsp3) is 0.704. The molecular formula is C27H41ClN2O4. The molecule has 0 bridgehead atoms. The van der Waals surface area contributed by atoms with Crippen LogP contribution in [0.25, 0.3) is 0 Å². The van der Waals surface area contributed by atoms with Gasteiger partial charge in [-0.25, -0.2) is 0 Å². The number of aliphatic hydroxyl groups is 2. The van der Waals surface area contributed by atoms with E-state index in [1.54, 1.807) is 26.0 Å². The standard InChI is InChI=1S/C27H41ClN2O4/c1-18(26(4,5)33)16-23(31)29-22-9-7-6-8-21(22)24(32)30-15-14-27(34,25(2,3)17-30)19-10-12-20(28)13-11-19/h10-13,18,21-22,33-34H,6-9,14-17H2,1-5H3,(H,29,31)/t18-,21+,22-,27+/m1/s1. The lowest BCUT2D eigenvalue weighted by Gasteiger charge is -2.51. The Morgan fingerprint density at radius 1 is 1.21 bits per heavy atom. The number of likely N-dealkylation sites (tertiary alicyclic amines) is 1. The highest BCUT2D eigenvalue weighted by Crippen LogP contribution is 2.46. The Kier molecular flexibility index (Phi) is 8.06. The Labute approximate surface area is 209 Å². The lowest BCUT2D eigenvalue weighted by Crippen LogP contribution is -2.59. The van der Waals surface area contributed by atoms with Gasteiger partial charge in [0.15, 0.2) is 0 Å². The van der Waals surface area contributed by atoms with E-state index >= 15 is 0 Å². The number of piperidine rings is 1. The van der Waals surface area contributed by atoms with Gasteiger partial charge >= 0.3 is 0 Å². The summed E-state index contributed by atoms with van der Waals surface area (Å²) in [7, 11) is 0. The molecule has 2 amide bonds. The van der Waals surface area contributed by atoms with Gasteiger partial charge in [0.25, 0.3) is 0 Å². The molecule has 1 aliphatic carbocycles. The maximum atomic E-state index is 13.6. The number of nitrogens with one attached hydrogen (secondary N) is 1. The highest BCUT2D eigenvalue weighted by molar-refractivity contribution is 6.30. The van der Waals surface area contributed by atoms with Gasteiger partial charge in [0, 0.05) is 36.0 Å². The Morgan fingerprint density at radius 2 is 1.82 bits per heavy atom. The lowest BCUT2D eigenvalue weighted by molar-refractivity contribution is -0.158. The van der Waals surface area contributed by atoms with Crippen LogP contribution in [0.15, 0.2) is 24.3 Å². The van der Waals surface area contributed by atoms with Crippen LogP contribution in [0.3, 0.4) is 0 Å². The first-order valence-corrected chi connectivity index (χ1v) is 12.9. The molecule has 1 aromatic rings. The van der Waals surface area contributed by atoms with E-state index in [1.165, 1.54) is 0 Å². The van der Waals surface area contributed by atoms with Crippen molar-refractivity contribution in [3.05, 3.63) is 34.9 Å². The predicted octanol–water partition coefficient (Wildman–Crippen LogP) is 4.26. The highest BCUT2D eigenvalue weighted by atomic mass is 35.5. The highest BCUT2D eigenvalue weighted by Gasteiger charge is 2.50. The Hall–Kier alpha value is -1.63. The van der Waals surface area contributed by atoms with Crippen molar-refractivity contribution in [1.29, 1.82) is 0 Å². The van der Waals surface area contributed by atoms with E-state index in [-0.39, 0.29) is 36.1 Å². The molecule has 0 aromatic heterocycles. The molecule has 2 fully saturated rings. The summed E-state index contributed by atoms with van der Waals surface area (Å²) in [6.45, 7) is 10.2. The molecule has 6 nitrogen and oxygen atoms in total. The molecule has 1 aromatic carbocycles. The second-order valence-corrected chi connectivity index (χ2v) is 12.0. The summed E-state index contributed by atoms with van der Waals surface area (Å²) in [5, 5.41) is 25.5. The van der Waals surface area contributed by atoms with Crippen LogP contribution in [0.1, 0.15) is 78.7 Å². The van der Waals surface area contributed by atoms with E-state index in [2.05, 4.69) is 5.32 Å². The number of benzene rings is 1.